The molecular formula is C16H9Cl2N3O4. The molecule has 7 nitrogen and oxygen atoms in total. The maximum absolute atomic E-state index is 10.7. The van der Waals surface area contributed by atoms with Crippen LogP contribution in [0.15, 0.2) is 51.9 Å². The zero-order valence-corrected chi connectivity index (χ0v) is 13.9. The van der Waals surface area contributed by atoms with Gasteiger partial charge in [0, 0.05) is 22.7 Å². The van der Waals surface area contributed by atoms with E-state index < -0.39 is 10.9 Å². The summed E-state index contributed by atoms with van der Waals surface area (Å²) in [5.74, 6) is -0.332. The van der Waals surface area contributed by atoms with E-state index in [9.17, 15) is 15.2 Å². The van der Waals surface area contributed by atoms with Crippen molar-refractivity contribution < 1.29 is 14.4 Å². The average molecular weight is 378 g/mol. The first-order valence-electron chi connectivity index (χ1n) is 6.88. The van der Waals surface area contributed by atoms with Crippen LogP contribution in [0.5, 0.6) is 5.95 Å². The predicted octanol–water partition coefficient (Wildman–Crippen LogP) is 5.01. The van der Waals surface area contributed by atoms with Gasteiger partial charge in [-0.25, -0.2) is 4.98 Å². The second kappa shape index (κ2) is 6.92. The third-order valence-corrected chi connectivity index (χ3v) is 3.75. The Bertz CT molecular complexity index is 968. The summed E-state index contributed by atoms with van der Waals surface area (Å²) in [6, 6.07) is 10.4. The number of aromatic hydroxyl groups is 1. The molecule has 3 aromatic rings. The van der Waals surface area contributed by atoms with Crippen LogP contribution in [0.4, 0.5) is 11.4 Å². The Labute approximate surface area is 151 Å². The minimum atomic E-state index is -0.510. The minimum Gasteiger partial charge on any atom is -0.479 e. The fraction of sp³-hybridized carbons (Fsp3) is 0. The lowest BCUT2D eigenvalue weighted by atomic mass is 10.2. The third-order valence-electron chi connectivity index (χ3n) is 3.19. The first-order valence-corrected chi connectivity index (χ1v) is 7.63. The van der Waals surface area contributed by atoms with E-state index >= 15 is 0 Å². The molecule has 1 heterocycles. The summed E-state index contributed by atoms with van der Waals surface area (Å²) in [6.45, 7) is 0. The van der Waals surface area contributed by atoms with Crippen molar-refractivity contribution >= 4 is 40.8 Å². The van der Waals surface area contributed by atoms with Crippen LogP contribution in [0.1, 0.15) is 5.69 Å². The van der Waals surface area contributed by atoms with Gasteiger partial charge in [-0.05, 0) is 30.3 Å². The number of aromatic nitrogens is 1. The molecule has 1 aromatic heterocycles. The molecule has 9 heteroatoms. The molecule has 2 aromatic carbocycles. The number of hydrogen-bond acceptors (Lipinski definition) is 6. The first-order chi connectivity index (χ1) is 11.9. The van der Waals surface area contributed by atoms with Crippen LogP contribution in [0.2, 0.25) is 10.0 Å². The number of nitro groups is 1. The van der Waals surface area contributed by atoms with Crippen LogP contribution in [0.3, 0.4) is 0 Å². The van der Waals surface area contributed by atoms with Crippen LogP contribution in [-0.2, 0) is 0 Å². The molecular weight excluding hydrogens is 369 g/mol. The molecule has 126 valence electrons. The number of nitro benzene ring substituents is 1. The summed E-state index contributed by atoms with van der Waals surface area (Å²) < 4.78 is 5.17. The number of oxazole rings is 1. The van der Waals surface area contributed by atoms with E-state index in [0.29, 0.717) is 21.3 Å². The van der Waals surface area contributed by atoms with Crippen molar-refractivity contribution in [1.29, 1.82) is 0 Å². The van der Waals surface area contributed by atoms with Crippen LogP contribution in [0, 0.1) is 10.1 Å². The number of benzene rings is 2. The molecule has 0 aliphatic carbocycles. The first kappa shape index (κ1) is 16.9. The van der Waals surface area contributed by atoms with E-state index in [0.717, 1.165) is 0 Å². The van der Waals surface area contributed by atoms with Crippen molar-refractivity contribution in [2.45, 2.75) is 0 Å². The van der Waals surface area contributed by atoms with Gasteiger partial charge >= 0.3 is 5.95 Å². The molecule has 0 fully saturated rings. The highest BCUT2D eigenvalue weighted by molar-refractivity contribution is 6.35. The van der Waals surface area contributed by atoms with E-state index in [-0.39, 0.29) is 17.3 Å². The maximum atomic E-state index is 10.7. The second-order valence-electron chi connectivity index (χ2n) is 4.87. The highest BCUT2D eigenvalue weighted by atomic mass is 35.5. The van der Waals surface area contributed by atoms with Gasteiger partial charge < -0.3 is 9.52 Å². The van der Waals surface area contributed by atoms with Crippen molar-refractivity contribution in [3.63, 3.8) is 0 Å². The summed E-state index contributed by atoms with van der Waals surface area (Å²) in [4.78, 5) is 18.4. The van der Waals surface area contributed by atoms with Crippen molar-refractivity contribution in [2.24, 2.45) is 4.99 Å². The van der Waals surface area contributed by atoms with Crippen LogP contribution in [-0.4, -0.2) is 21.2 Å². The number of halogens is 2. The normalized spacial score (nSPS) is 11.1. The van der Waals surface area contributed by atoms with Crippen LogP contribution in [0.25, 0.3) is 11.5 Å². The van der Waals surface area contributed by atoms with Crippen molar-refractivity contribution in [2.75, 3.05) is 0 Å². The van der Waals surface area contributed by atoms with Crippen molar-refractivity contribution in [3.05, 3.63) is 68.3 Å². The highest BCUT2D eigenvalue weighted by Gasteiger charge is 2.14. The molecule has 0 bridgehead atoms. The predicted molar refractivity (Wildman–Crippen MR) is 94.0 cm³/mol. The molecule has 0 saturated carbocycles. The van der Waals surface area contributed by atoms with E-state index in [1.54, 1.807) is 18.2 Å². The SMILES string of the molecule is O=[N+]([O-])c1ccc(-c2nc(C=Nc3cc(Cl)ccc3Cl)c(O)o2)cc1. The summed E-state index contributed by atoms with van der Waals surface area (Å²) in [5, 5.41) is 21.4. The van der Waals surface area contributed by atoms with E-state index in [1.165, 1.54) is 30.5 Å². The standard InChI is InChI=1S/C16H9Cl2N3O4/c17-10-3-6-12(18)13(7-10)19-8-14-16(22)25-15(20-14)9-1-4-11(5-2-9)21(23)24/h1-8,22H. The molecule has 0 spiro atoms. The number of rotatable bonds is 4. The van der Waals surface area contributed by atoms with Crippen molar-refractivity contribution in [1.82, 2.24) is 4.98 Å². The van der Waals surface area contributed by atoms with E-state index in [2.05, 4.69) is 9.98 Å². The molecule has 0 unspecified atom stereocenters. The number of nitrogens with zero attached hydrogens (tertiary/aromatic N) is 3. The number of hydrogen-bond donors (Lipinski definition) is 1. The lowest BCUT2D eigenvalue weighted by Crippen LogP contribution is -1.87. The Hall–Kier alpha value is -2.90. The molecule has 25 heavy (non-hydrogen) atoms. The van der Waals surface area contributed by atoms with Gasteiger partial charge in [-0.2, -0.15) is 0 Å². The van der Waals surface area contributed by atoms with Gasteiger partial charge in [0.25, 0.3) is 5.69 Å². The maximum Gasteiger partial charge on any atom is 0.312 e. The molecule has 0 aliphatic heterocycles. The van der Waals surface area contributed by atoms with Gasteiger partial charge in [0.05, 0.1) is 21.8 Å². The summed E-state index contributed by atoms with van der Waals surface area (Å²) in [5.41, 5.74) is 0.913. The average Bonchev–Trinajstić information content (AvgIpc) is 2.96. The molecule has 0 aliphatic rings. The summed E-state index contributed by atoms with van der Waals surface area (Å²) >= 11 is 11.9. The number of aliphatic imine (C=N–C) groups is 1. The lowest BCUT2D eigenvalue weighted by Gasteiger charge is -1.97. The Morgan fingerprint density at radius 1 is 1.20 bits per heavy atom. The minimum absolute atomic E-state index is 0.0584. The molecule has 0 amide bonds. The van der Waals surface area contributed by atoms with E-state index in [4.69, 9.17) is 27.6 Å². The summed E-state index contributed by atoms with van der Waals surface area (Å²) in [6.07, 6.45) is 1.28. The quantitative estimate of drug-likeness (QED) is 0.390. The van der Waals surface area contributed by atoms with Gasteiger partial charge in [-0.1, -0.05) is 23.2 Å². The van der Waals surface area contributed by atoms with Crippen molar-refractivity contribution in [3.8, 4) is 17.4 Å². The molecule has 1 N–H and O–H groups in total. The van der Waals surface area contributed by atoms with E-state index in [1.807, 2.05) is 0 Å². The smallest absolute Gasteiger partial charge is 0.312 e. The number of non-ortho nitro benzene ring substituents is 1. The Kier molecular flexibility index (Phi) is 4.69. The second-order valence-corrected chi connectivity index (χ2v) is 5.71. The molecule has 3 rings (SSSR count). The van der Waals surface area contributed by atoms with Gasteiger partial charge in [-0.15, -0.1) is 0 Å². The fourth-order valence-corrected chi connectivity index (χ4v) is 2.31. The third kappa shape index (κ3) is 3.78. The Morgan fingerprint density at radius 2 is 1.92 bits per heavy atom. The lowest BCUT2D eigenvalue weighted by molar-refractivity contribution is -0.384. The topological polar surface area (TPSA) is 102 Å². The van der Waals surface area contributed by atoms with Gasteiger partial charge in [-0.3, -0.25) is 15.1 Å². The zero-order chi connectivity index (χ0) is 18.0. The molecule has 0 radical (unpaired) electrons. The Balaban J connectivity index is 1.88. The zero-order valence-electron chi connectivity index (χ0n) is 12.4. The van der Waals surface area contributed by atoms with Gasteiger partial charge in [0.2, 0.25) is 5.89 Å². The summed E-state index contributed by atoms with van der Waals surface area (Å²) in [7, 11) is 0. The largest absolute Gasteiger partial charge is 0.479 e. The van der Waals surface area contributed by atoms with Gasteiger partial charge in [0.15, 0.2) is 5.69 Å². The monoisotopic (exact) mass is 377 g/mol. The van der Waals surface area contributed by atoms with Gasteiger partial charge in [0.1, 0.15) is 0 Å². The van der Waals surface area contributed by atoms with Crippen LogP contribution < -0.4 is 0 Å². The van der Waals surface area contributed by atoms with Crippen LogP contribution >= 0.6 is 23.2 Å². The fourth-order valence-electron chi connectivity index (χ4n) is 1.97. The highest BCUT2D eigenvalue weighted by Crippen LogP contribution is 2.30. The Morgan fingerprint density at radius 3 is 2.60 bits per heavy atom. The molecule has 0 atom stereocenters. The molecule has 0 saturated heterocycles.